The Morgan fingerprint density at radius 1 is 1.00 bits per heavy atom. The van der Waals surface area contributed by atoms with Gasteiger partial charge >= 0.3 is 5.63 Å². The van der Waals surface area contributed by atoms with Crippen LogP contribution in [0, 0.1) is 10.1 Å². The first-order valence-electron chi connectivity index (χ1n) is 6.52. The van der Waals surface area contributed by atoms with E-state index in [1.54, 1.807) is 0 Å². The fourth-order valence-corrected chi connectivity index (χ4v) is 2.52. The Morgan fingerprint density at radius 2 is 1.68 bits per heavy atom. The third-order valence-electron chi connectivity index (χ3n) is 3.55. The summed E-state index contributed by atoms with van der Waals surface area (Å²) in [5.41, 5.74) is 1.95. The molecule has 0 radical (unpaired) electrons. The Bertz CT molecular complexity index is 994. The van der Waals surface area contributed by atoms with E-state index in [9.17, 15) is 14.9 Å². The average Bonchev–Trinajstić information content (AvgIpc) is 2.53. The number of fused-ring (bicyclic) bond motifs is 4. The van der Waals surface area contributed by atoms with Crippen LogP contribution in [-0.4, -0.2) is 4.92 Å². The molecule has 0 spiro atoms. The quantitative estimate of drug-likeness (QED) is 0.317. The topological polar surface area (TPSA) is 97.4 Å². The lowest BCUT2D eigenvalue weighted by atomic mass is 10.1. The predicted molar refractivity (Wildman–Crippen MR) is 82.1 cm³/mol. The molecule has 7 heteroatoms. The molecule has 2 aromatic carbocycles. The number of anilines is 4. The third-order valence-corrected chi connectivity index (χ3v) is 3.55. The van der Waals surface area contributed by atoms with Gasteiger partial charge in [0, 0.05) is 12.1 Å². The maximum absolute atomic E-state index is 12.1. The maximum atomic E-state index is 12.1. The second-order valence-electron chi connectivity index (χ2n) is 4.87. The minimum atomic E-state index is -0.529. The Kier molecular flexibility index (Phi) is 2.43. The summed E-state index contributed by atoms with van der Waals surface area (Å²) in [6, 6.07) is 11.5. The molecule has 22 heavy (non-hydrogen) atoms. The number of rotatable bonds is 1. The van der Waals surface area contributed by atoms with Crippen molar-refractivity contribution in [1.29, 1.82) is 0 Å². The lowest BCUT2D eigenvalue weighted by molar-refractivity contribution is -0.384. The van der Waals surface area contributed by atoms with Crippen molar-refractivity contribution in [2.45, 2.75) is 0 Å². The van der Waals surface area contributed by atoms with Crippen LogP contribution in [0.3, 0.4) is 0 Å². The van der Waals surface area contributed by atoms with Crippen molar-refractivity contribution in [2.24, 2.45) is 0 Å². The highest BCUT2D eigenvalue weighted by Crippen LogP contribution is 2.40. The Hall–Kier alpha value is -3.35. The van der Waals surface area contributed by atoms with Crippen molar-refractivity contribution in [1.82, 2.24) is 0 Å². The smallest absolute Gasteiger partial charge is 0.362 e. The molecule has 0 unspecified atom stereocenters. The van der Waals surface area contributed by atoms with E-state index in [2.05, 4.69) is 10.6 Å². The number of para-hydroxylation sites is 2. The number of non-ortho nitro benzene ring substituents is 1. The van der Waals surface area contributed by atoms with Crippen molar-refractivity contribution in [2.75, 3.05) is 10.6 Å². The highest BCUT2D eigenvalue weighted by molar-refractivity contribution is 6.03. The summed E-state index contributed by atoms with van der Waals surface area (Å²) in [7, 11) is 0. The lowest BCUT2D eigenvalue weighted by Crippen LogP contribution is -2.15. The van der Waals surface area contributed by atoms with Gasteiger partial charge < -0.3 is 15.1 Å². The van der Waals surface area contributed by atoms with E-state index >= 15 is 0 Å². The second-order valence-corrected chi connectivity index (χ2v) is 4.87. The lowest BCUT2D eigenvalue weighted by Gasteiger charge is -2.22. The summed E-state index contributed by atoms with van der Waals surface area (Å²) >= 11 is 0. The van der Waals surface area contributed by atoms with Gasteiger partial charge in [-0.05, 0) is 18.2 Å². The molecule has 2 N–H and O–H groups in total. The molecule has 2 heterocycles. The van der Waals surface area contributed by atoms with E-state index in [-0.39, 0.29) is 11.4 Å². The zero-order valence-corrected chi connectivity index (χ0v) is 11.1. The van der Waals surface area contributed by atoms with Gasteiger partial charge in [-0.25, -0.2) is 4.79 Å². The Morgan fingerprint density at radius 3 is 2.36 bits per heavy atom. The van der Waals surface area contributed by atoms with Crippen LogP contribution in [0.2, 0.25) is 0 Å². The van der Waals surface area contributed by atoms with Crippen LogP contribution in [0.25, 0.3) is 11.0 Å². The van der Waals surface area contributed by atoms with Crippen molar-refractivity contribution < 1.29 is 9.34 Å². The van der Waals surface area contributed by atoms with Crippen molar-refractivity contribution in [3.05, 3.63) is 63.0 Å². The summed E-state index contributed by atoms with van der Waals surface area (Å²) in [4.78, 5) is 22.6. The number of nitro benzene ring substituents is 1. The fourth-order valence-electron chi connectivity index (χ4n) is 2.52. The summed E-state index contributed by atoms with van der Waals surface area (Å²) < 4.78 is 5.23. The Balaban J connectivity index is 2.02. The standard InChI is InChI=1S/C15H9N3O4/c19-15-14-13(16-10-3-1-2-4-11(10)17-14)9-7-8(18(20)21)5-6-12(9)22-15/h1-7,16-17H. The number of hydrogen-bond acceptors (Lipinski definition) is 6. The van der Waals surface area contributed by atoms with Gasteiger partial charge in [-0.3, -0.25) is 10.1 Å². The van der Waals surface area contributed by atoms with Crippen LogP contribution in [0.15, 0.2) is 51.7 Å². The molecule has 0 saturated carbocycles. The van der Waals surface area contributed by atoms with E-state index in [4.69, 9.17) is 4.42 Å². The predicted octanol–water partition coefficient (Wildman–Crippen LogP) is 3.50. The Labute approximate surface area is 123 Å². The monoisotopic (exact) mass is 295 g/mol. The molecule has 0 saturated heterocycles. The minimum absolute atomic E-state index is 0.0655. The van der Waals surface area contributed by atoms with Gasteiger partial charge in [0.25, 0.3) is 5.69 Å². The van der Waals surface area contributed by atoms with Gasteiger partial charge in [-0.2, -0.15) is 0 Å². The van der Waals surface area contributed by atoms with Gasteiger partial charge in [0.1, 0.15) is 11.3 Å². The summed E-state index contributed by atoms with van der Waals surface area (Å²) in [6.07, 6.45) is 0. The first-order chi connectivity index (χ1) is 10.6. The first kappa shape index (κ1) is 12.4. The molecule has 0 bridgehead atoms. The van der Waals surface area contributed by atoms with E-state index in [0.29, 0.717) is 16.7 Å². The zero-order chi connectivity index (χ0) is 15.3. The molecule has 0 atom stereocenters. The van der Waals surface area contributed by atoms with Crippen LogP contribution in [-0.2, 0) is 0 Å². The molecule has 7 nitrogen and oxygen atoms in total. The van der Waals surface area contributed by atoms with E-state index in [0.717, 1.165) is 11.4 Å². The molecule has 0 amide bonds. The van der Waals surface area contributed by atoms with Gasteiger partial charge in [0.2, 0.25) is 0 Å². The summed E-state index contributed by atoms with van der Waals surface area (Å²) in [6.45, 7) is 0. The average molecular weight is 295 g/mol. The normalized spacial score (nSPS) is 12.0. The van der Waals surface area contributed by atoms with E-state index < -0.39 is 10.5 Å². The SMILES string of the molecule is O=c1oc2ccc([N+](=O)[O-])cc2c2c1Nc1ccccc1N2. The summed E-state index contributed by atoms with van der Waals surface area (Å²) in [5, 5.41) is 17.6. The largest absolute Gasteiger partial charge is 0.421 e. The molecule has 0 aliphatic carbocycles. The van der Waals surface area contributed by atoms with Crippen LogP contribution < -0.4 is 16.3 Å². The number of nitrogens with one attached hydrogen (secondary N) is 2. The zero-order valence-electron chi connectivity index (χ0n) is 11.1. The summed E-state index contributed by atoms with van der Waals surface area (Å²) in [5.74, 6) is 0. The molecule has 3 aromatic rings. The first-order valence-corrected chi connectivity index (χ1v) is 6.52. The number of hydrogen-bond donors (Lipinski definition) is 2. The van der Waals surface area contributed by atoms with Crippen LogP contribution >= 0.6 is 0 Å². The highest BCUT2D eigenvalue weighted by Gasteiger charge is 2.22. The van der Waals surface area contributed by atoms with Crippen molar-refractivity contribution in [3.63, 3.8) is 0 Å². The molecule has 0 fully saturated rings. The highest BCUT2D eigenvalue weighted by atomic mass is 16.6. The molecule has 1 aliphatic rings. The number of nitro groups is 1. The third kappa shape index (κ3) is 1.72. The molecule has 4 rings (SSSR count). The van der Waals surface area contributed by atoms with E-state index in [1.807, 2.05) is 24.3 Å². The number of benzene rings is 2. The minimum Gasteiger partial charge on any atom is -0.421 e. The van der Waals surface area contributed by atoms with Crippen molar-refractivity contribution in [3.8, 4) is 0 Å². The van der Waals surface area contributed by atoms with Gasteiger partial charge in [-0.15, -0.1) is 0 Å². The van der Waals surface area contributed by atoms with Crippen LogP contribution in [0.4, 0.5) is 28.4 Å². The molecule has 1 aromatic heterocycles. The molecule has 108 valence electrons. The fraction of sp³-hybridized carbons (Fsp3) is 0. The van der Waals surface area contributed by atoms with Gasteiger partial charge in [0.15, 0.2) is 0 Å². The molecule has 1 aliphatic heterocycles. The van der Waals surface area contributed by atoms with Crippen LogP contribution in [0.5, 0.6) is 0 Å². The maximum Gasteiger partial charge on any atom is 0.362 e. The second kappa shape index (κ2) is 4.32. The van der Waals surface area contributed by atoms with E-state index in [1.165, 1.54) is 18.2 Å². The van der Waals surface area contributed by atoms with Crippen LogP contribution in [0.1, 0.15) is 0 Å². The molecular formula is C15H9N3O4. The van der Waals surface area contributed by atoms with Gasteiger partial charge in [0.05, 0.1) is 27.4 Å². The van der Waals surface area contributed by atoms with Gasteiger partial charge in [-0.1, -0.05) is 12.1 Å². The van der Waals surface area contributed by atoms with Crippen molar-refractivity contribution >= 4 is 39.4 Å². The number of nitrogens with zero attached hydrogens (tertiary/aromatic N) is 1. The molecular weight excluding hydrogens is 286 g/mol.